The molecule has 1 atom stereocenters. The van der Waals surface area contributed by atoms with Gasteiger partial charge >= 0.3 is 0 Å². The highest BCUT2D eigenvalue weighted by atomic mass is 16.5. The SMILES string of the molecule is CC1(O)CCN(C(=O)COC(C)(C)C)C1. The van der Waals surface area contributed by atoms with E-state index in [2.05, 4.69) is 0 Å². The minimum atomic E-state index is -0.725. The van der Waals surface area contributed by atoms with Crippen LogP contribution in [0.4, 0.5) is 0 Å². The molecule has 1 aliphatic heterocycles. The minimum absolute atomic E-state index is 0.0392. The van der Waals surface area contributed by atoms with Gasteiger partial charge < -0.3 is 14.7 Å². The van der Waals surface area contributed by atoms with Gasteiger partial charge in [-0.2, -0.15) is 0 Å². The first-order valence-corrected chi connectivity index (χ1v) is 5.34. The first-order valence-electron chi connectivity index (χ1n) is 5.34. The number of carbonyl (C=O) groups is 1. The summed E-state index contributed by atoms with van der Waals surface area (Å²) in [6.07, 6.45) is 0.647. The summed E-state index contributed by atoms with van der Waals surface area (Å²) >= 11 is 0. The van der Waals surface area contributed by atoms with Crippen LogP contribution in [0.3, 0.4) is 0 Å². The van der Waals surface area contributed by atoms with Gasteiger partial charge in [0.05, 0.1) is 11.2 Å². The van der Waals surface area contributed by atoms with Gasteiger partial charge in [-0.25, -0.2) is 0 Å². The van der Waals surface area contributed by atoms with E-state index in [1.807, 2.05) is 20.8 Å². The highest BCUT2D eigenvalue weighted by molar-refractivity contribution is 5.77. The molecule has 0 aliphatic carbocycles. The highest BCUT2D eigenvalue weighted by Crippen LogP contribution is 2.20. The maximum absolute atomic E-state index is 11.7. The van der Waals surface area contributed by atoms with Crippen molar-refractivity contribution in [2.24, 2.45) is 0 Å². The zero-order valence-electron chi connectivity index (χ0n) is 10.0. The topological polar surface area (TPSA) is 49.8 Å². The number of nitrogens with zero attached hydrogens (tertiary/aromatic N) is 1. The van der Waals surface area contributed by atoms with Crippen molar-refractivity contribution in [3.05, 3.63) is 0 Å². The molecule has 1 N–H and O–H groups in total. The molecule has 0 radical (unpaired) electrons. The number of rotatable bonds is 2. The zero-order chi connectivity index (χ0) is 11.7. The number of amides is 1. The van der Waals surface area contributed by atoms with Crippen LogP contribution < -0.4 is 0 Å². The maximum Gasteiger partial charge on any atom is 0.248 e. The average Bonchev–Trinajstić information content (AvgIpc) is 2.40. The molecule has 1 heterocycles. The maximum atomic E-state index is 11.7. The Hall–Kier alpha value is -0.610. The van der Waals surface area contributed by atoms with Crippen molar-refractivity contribution in [3.63, 3.8) is 0 Å². The van der Waals surface area contributed by atoms with Crippen LogP contribution in [0.15, 0.2) is 0 Å². The van der Waals surface area contributed by atoms with Crippen molar-refractivity contribution in [2.75, 3.05) is 19.7 Å². The van der Waals surface area contributed by atoms with Crippen LogP contribution in [0.1, 0.15) is 34.1 Å². The summed E-state index contributed by atoms with van der Waals surface area (Å²) in [5, 5.41) is 9.71. The Morgan fingerprint density at radius 1 is 1.53 bits per heavy atom. The van der Waals surface area contributed by atoms with E-state index < -0.39 is 5.60 Å². The molecular formula is C11H21NO3. The predicted molar refractivity (Wildman–Crippen MR) is 57.5 cm³/mol. The van der Waals surface area contributed by atoms with Crippen molar-refractivity contribution < 1.29 is 14.6 Å². The summed E-state index contributed by atoms with van der Waals surface area (Å²) < 4.78 is 5.40. The molecule has 0 saturated carbocycles. The van der Waals surface area contributed by atoms with Crippen molar-refractivity contribution in [3.8, 4) is 0 Å². The number of likely N-dealkylation sites (tertiary alicyclic amines) is 1. The lowest BCUT2D eigenvalue weighted by molar-refractivity contribution is -0.140. The van der Waals surface area contributed by atoms with Crippen molar-refractivity contribution >= 4 is 5.91 Å². The molecule has 1 saturated heterocycles. The van der Waals surface area contributed by atoms with Gasteiger partial charge in [0.15, 0.2) is 0 Å². The lowest BCUT2D eigenvalue weighted by Crippen LogP contribution is -2.37. The molecule has 1 amide bonds. The standard InChI is InChI=1S/C11H21NO3/c1-10(2,3)15-7-9(13)12-6-5-11(4,14)8-12/h14H,5-8H2,1-4H3. The monoisotopic (exact) mass is 215 g/mol. The molecule has 0 aromatic heterocycles. The Kier molecular flexibility index (Phi) is 3.41. The molecule has 1 aliphatic rings. The molecule has 0 bridgehead atoms. The summed E-state index contributed by atoms with van der Waals surface area (Å²) in [4.78, 5) is 13.3. The number of hydrogen-bond acceptors (Lipinski definition) is 3. The molecule has 1 fully saturated rings. The second kappa shape index (κ2) is 4.10. The van der Waals surface area contributed by atoms with E-state index in [0.717, 1.165) is 0 Å². The zero-order valence-corrected chi connectivity index (χ0v) is 10.0. The smallest absolute Gasteiger partial charge is 0.248 e. The van der Waals surface area contributed by atoms with E-state index in [4.69, 9.17) is 4.74 Å². The van der Waals surface area contributed by atoms with Gasteiger partial charge in [-0.1, -0.05) is 0 Å². The van der Waals surface area contributed by atoms with Gasteiger partial charge in [-0.15, -0.1) is 0 Å². The molecule has 1 rings (SSSR count). The van der Waals surface area contributed by atoms with Crippen LogP contribution in [0.5, 0.6) is 0 Å². The number of aliphatic hydroxyl groups is 1. The lowest BCUT2D eigenvalue weighted by atomic mass is 10.1. The summed E-state index contributed by atoms with van der Waals surface area (Å²) in [5.41, 5.74) is -1.02. The van der Waals surface area contributed by atoms with Crippen LogP contribution in [0.2, 0.25) is 0 Å². The largest absolute Gasteiger partial charge is 0.388 e. The number of carbonyl (C=O) groups excluding carboxylic acids is 1. The van der Waals surface area contributed by atoms with E-state index in [0.29, 0.717) is 19.5 Å². The predicted octanol–water partition coefficient (Wildman–Crippen LogP) is 0.785. The van der Waals surface area contributed by atoms with Crippen LogP contribution in [0, 0.1) is 0 Å². The Balaban J connectivity index is 2.37. The number of hydrogen-bond donors (Lipinski definition) is 1. The van der Waals surface area contributed by atoms with Crippen LogP contribution in [-0.2, 0) is 9.53 Å². The number of β-amino-alcohol motifs (C(OH)–C–C–N with tert-alkyl or cyclic N) is 1. The third kappa shape index (κ3) is 4.18. The molecule has 88 valence electrons. The molecule has 0 aromatic rings. The van der Waals surface area contributed by atoms with E-state index >= 15 is 0 Å². The Labute approximate surface area is 91.2 Å². The molecular weight excluding hydrogens is 194 g/mol. The Bertz CT molecular complexity index is 243. The third-order valence-corrected chi connectivity index (χ3v) is 2.43. The molecule has 15 heavy (non-hydrogen) atoms. The highest BCUT2D eigenvalue weighted by Gasteiger charge is 2.34. The Morgan fingerprint density at radius 3 is 2.53 bits per heavy atom. The molecule has 4 nitrogen and oxygen atoms in total. The molecule has 0 aromatic carbocycles. The van der Waals surface area contributed by atoms with E-state index in [9.17, 15) is 9.90 Å². The van der Waals surface area contributed by atoms with Crippen LogP contribution in [-0.4, -0.2) is 46.8 Å². The van der Waals surface area contributed by atoms with Gasteiger partial charge in [0.1, 0.15) is 6.61 Å². The fourth-order valence-electron chi connectivity index (χ4n) is 1.53. The van der Waals surface area contributed by atoms with Gasteiger partial charge in [-0.3, -0.25) is 4.79 Å². The van der Waals surface area contributed by atoms with Gasteiger partial charge in [0, 0.05) is 13.1 Å². The summed E-state index contributed by atoms with van der Waals surface area (Å²) in [6.45, 7) is 8.64. The summed E-state index contributed by atoms with van der Waals surface area (Å²) in [7, 11) is 0. The van der Waals surface area contributed by atoms with Crippen molar-refractivity contribution in [1.29, 1.82) is 0 Å². The van der Waals surface area contributed by atoms with Crippen LogP contribution >= 0.6 is 0 Å². The van der Waals surface area contributed by atoms with E-state index in [-0.39, 0.29) is 18.1 Å². The van der Waals surface area contributed by atoms with Gasteiger partial charge in [-0.05, 0) is 34.1 Å². The second-order valence-corrected chi connectivity index (χ2v) is 5.46. The number of ether oxygens (including phenoxy) is 1. The van der Waals surface area contributed by atoms with Crippen LogP contribution in [0.25, 0.3) is 0 Å². The summed E-state index contributed by atoms with van der Waals surface area (Å²) in [5.74, 6) is -0.0392. The molecule has 1 unspecified atom stereocenters. The van der Waals surface area contributed by atoms with Crippen molar-refractivity contribution in [2.45, 2.75) is 45.3 Å². The molecule has 4 heteroatoms. The second-order valence-electron chi connectivity index (χ2n) is 5.46. The molecule has 0 spiro atoms. The fraction of sp³-hybridized carbons (Fsp3) is 0.909. The van der Waals surface area contributed by atoms with Gasteiger partial charge in [0.2, 0.25) is 5.91 Å². The normalized spacial score (nSPS) is 27.1. The quantitative estimate of drug-likeness (QED) is 0.740. The minimum Gasteiger partial charge on any atom is -0.388 e. The van der Waals surface area contributed by atoms with E-state index in [1.165, 1.54) is 0 Å². The van der Waals surface area contributed by atoms with E-state index in [1.54, 1.807) is 11.8 Å². The third-order valence-electron chi connectivity index (χ3n) is 2.43. The first kappa shape index (κ1) is 12.5. The lowest BCUT2D eigenvalue weighted by Gasteiger charge is -2.23. The Morgan fingerprint density at radius 2 is 2.13 bits per heavy atom. The van der Waals surface area contributed by atoms with Gasteiger partial charge in [0.25, 0.3) is 0 Å². The summed E-state index contributed by atoms with van der Waals surface area (Å²) in [6, 6.07) is 0. The average molecular weight is 215 g/mol. The van der Waals surface area contributed by atoms with Crippen molar-refractivity contribution in [1.82, 2.24) is 4.90 Å². The fourth-order valence-corrected chi connectivity index (χ4v) is 1.53. The first-order chi connectivity index (χ1) is 6.70.